The monoisotopic (exact) mass is 273 g/mol. The molecule has 2 rings (SSSR count). The molecule has 19 heavy (non-hydrogen) atoms. The van der Waals surface area contributed by atoms with Crippen LogP contribution in [0.3, 0.4) is 0 Å². The Labute approximate surface area is 117 Å². The highest BCUT2D eigenvalue weighted by Gasteiger charge is 2.06. The third-order valence-electron chi connectivity index (χ3n) is 2.63. The zero-order valence-electron chi connectivity index (χ0n) is 10.7. The summed E-state index contributed by atoms with van der Waals surface area (Å²) in [5.74, 6) is 0.831. The number of hydrogen-bond acceptors (Lipinski definition) is 4. The lowest BCUT2D eigenvalue weighted by Gasteiger charge is -2.03. The van der Waals surface area contributed by atoms with Crippen LogP contribution in [0.1, 0.15) is 12.0 Å². The molecule has 1 aromatic carbocycles. The smallest absolute Gasteiger partial charge is 0.195 e. The summed E-state index contributed by atoms with van der Waals surface area (Å²) in [6.45, 7) is 0. The third-order valence-corrected chi connectivity index (χ3v) is 3.52. The molecule has 0 N–H and O–H groups in total. The second kappa shape index (κ2) is 6.95. The van der Waals surface area contributed by atoms with Crippen LogP contribution < -0.4 is 4.74 Å². The molecular formula is C15H15NO2S. The first-order valence-corrected chi connectivity index (χ1v) is 6.84. The molecule has 0 saturated carbocycles. The molecular weight excluding hydrogens is 258 g/mol. The molecule has 0 atom stereocenters. The van der Waals surface area contributed by atoms with Crippen molar-refractivity contribution in [3.05, 3.63) is 54.2 Å². The lowest BCUT2D eigenvalue weighted by atomic mass is 10.1. The van der Waals surface area contributed by atoms with Gasteiger partial charge in [0.2, 0.25) is 0 Å². The predicted octanol–water partition coefficient (Wildman–Crippen LogP) is 3.34. The minimum Gasteiger partial charge on any atom is -0.497 e. The molecule has 1 heterocycles. The molecule has 0 saturated heterocycles. The molecule has 0 unspecified atom stereocenters. The van der Waals surface area contributed by atoms with Crippen molar-refractivity contribution in [1.82, 2.24) is 4.98 Å². The number of carbonyl (C=O) groups is 1. The number of methoxy groups -OCH3 is 1. The van der Waals surface area contributed by atoms with E-state index in [0.29, 0.717) is 6.42 Å². The minimum atomic E-state index is 0.134. The Kier molecular flexibility index (Phi) is 4.98. The van der Waals surface area contributed by atoms with Gasteiger partial charge in [0.05, 0.1) is 7.11 Å². The summed E-state index contributed by atoms with van der Waals surface area (Å²) in [6, 6.07) is 13.3. The van der Waals surface area contributed by atoms with Crippen LogP contribution in [0.2, 0.25) is 0 Å². The molecule has 0 bridgehead atoms. The SMILES string of the molecule is COc1ccc(CCC(=O)Sc2ccccn2)cc1. The minimum absolute atomic E-state index is 0.134. The average Bonchev–Trinajstić information content (AvgIpc) is 2.47. The van der Waals surface area contributed by atoms with E-state index in [4.69, 9.17) is 4.74 Å². The molecule has 0 radical (unpaired) electrons. The quantitative estimate of drug-likeness (QED) is 0.783. The maximum Gasteiger partial charge on any atom is 0.195 e. The molecule has 3 nitrogen and oxygen atoms in total. The van der Waals surface area contributed by atoms with Gasteiger partial charge >= 0.3 is 0 Å². The summed E-state index contributed by atoms with van der Waals surface area (Å²) in [4.78, 5) is 15.9. The molecule has 0 aliphatic carbocycles. The number of rotatable bonds is 5. The second-order valence-corrected chi connectivity index (χ2v) is 5.07. The van der Waals surface area contributed by atoms with Crippen LogP contribution in [0.15, 0.2) is 53.7 Å². The van der Waals surface area contributed by atoms with E-state index in [1.54, 1.807) is 13.3 Å². The van der Waals surface area contributed by atoms with Gasteiger partial charge in [0.15, 0.2) is 5.12 Å². The topological polar surface area (TPSA) is 39.2 Å². The Morgan fingerprint density at radius 2 is 2.00 bits per heavy atom. The second-order valence-electron chi connectivity index (χ2n) is 3.99. The van der Waals surface area contributed by atoms with E-state index in [1.807, 2.05) is 42.5 Å². The highest BCUT2D eigenvalue weighted by Crippen LogP contribution is 2.19. The summed E-state index contributed by atoms with van der Waals surface area (Å²) in [6.07, 6.45) is 2.94. The maximum absolute atomic E-state index is 11.8. The summed E-state index contributed by atoms with van der Waals surface area (Å²) in [5.41, 5.74) is 1.13. The van der Waals surface area contributed by atoms with Gasteiger partial charge in [-0.1, -0.05) is 18.2 Å². The van der Waals surface area contributed by atoms with E-state index in [2.05, 4.69) is 4.98 Å². The van der Waals surface area contributed by atoms with E-state index in [0.717, 1.165) is 22.8 Å². The maximum atomic E-state index is 11.8. The van der Waals surface area contributed by atoms with Crippen LogP contribution in [0.4, 0.5) is 0 Å². The van der Waals surface area contributed by atoms with Crippen molar-refractivity contribution in [2.24, 2.45) is 0 Å². The average molecular weight is 273 g/mol. The highest BCUT2D eigenvalue weighted by molar-refractivity contribution is 8.13. The number of pyridine rings is 1. The van der Waals surface area contributed by atoms with Crippen LogP contribution >= 0.6 is 11.8 Å². The van der Waals surface area contributed by atoms with E-state index < -0.39 is 0 Å². The van der Waals surface area contributed by atoms with E-state index in [9.17, 15) is 4.79 Å². The molecule has 0 fully saturated rings. The molecule has 0 amide bonds. The molecule has 1 aromatic heterocycles. The lowest BCUT2D eigenvalue weighted by molar-refractivity contribution is -0.110. The van der Waals surface area contributed by atoms with Crippen LogP contribution in [-0.2, 0) is 11.2 Å². The van der Waals surface area contributed by atoms with Crippen LogP contribution in [0.25, 0.3) is 0 Å². The Bertz CT molecular complexity index is 526. The van der Waals surface area contributed by atoms with Crippen molar-refractivity contribution in [2.75, 3.05) is 7.11 Å². The van der Waals surface area contributed by atoms with Crippen molar-refractivity contribution in [3.8, 4) is 5.75 Å². The first-order valence-electron chi connectivity index (χ1n) is 6.02. The number of thioether (sulfide) groups is 1. The molecule has 4 heteroatoms. The van der Waals surface area contributed by atoms with Crippen LogP contribution in [0.5, 0.6) is 5.75 Å². The number of hydrogen-bond donors (Lipinski definition) is 0. The zero-order chi connectivity index (χ0) is 13.5. The summed E-state index contributed by atoms with van der Waals surface area (Å²) < 4.78 is 5.09. The normalized spacial score (nSPS) is 10.2. The highest BCUT2D eigenvalue weighted by atomic mass is 32.2. The van der Waals surface area contributed by atoms with Crippen molar-refractivity contribution in [2.45, 2.75) is 17.9 Å². The van der Waals surface area contributed by atoms with Gasteiger partial charge in [0.25, 0.3) is 0 Å². The third kappa shape index (κ3) is 4.41. The van der Waals surface area contributed by atoms with Crippen molar-refractivity contribution >= 4 is 16.9 Å². The Balaban J connectivity index is 1.83. The van der Waals surface area contributed by atoms with Gasteiger partial charge in [-0.3, -0.25) is 4.79 Å². The summed E-state index contributed by atoms with van der Waals surface area (Å²) >= 11 is 1.20. The molecule has 2 aromatic rings. The molecule has 0 aliphatic heterocycles. The van der Waals surface area contributed by atoms with Crippen LogP contribution in [0, 0.1) is 0 Å². The Morgan fingerprint density at radius 1 is 1.21 bits per heavy atom. The van der Waals surface area contributed by atoms with Gasteiger partial charge < -0.3 is 4.74 Å². The Morgan fingerprint density at radius 3 is 2.63 bits per heavy atom. The molecule has 0 spiro atoms. The van der Waals surface area contributed by atoms with Gasteiger partial charge in [-0.2, -0.15) is 0 Å². The number of benzene rings is 1. The van der Waals surface area contributed by atoms with Crippen molar-refractivity contribution in [3.63, 3.8) is 0 Å². The summed E-state index contributed by atoms with van der Waals surface area (Å²) in [5, 5.41) is 0.886. The fourth-order valence-electron chi connectivity index (χ4n) is 1.61. The standard InChI is InChI=1S/C15H15NO2S/c1-18-13-8-5-12(6-9-13)7-10-15(17)19-14-4-2-3-11-16-14/h2-6,8-9,11H,7,10H2,1H3. The number of carbonyl (C=O) groups excluding carboxylic acids is 1. The van der Waals surface area contributed by atoms with Crippen LogP contribution in [-0.4, -0.2) is 17.2 Å². The van der Waals surface area contributed by atoms with E-state index in [1.165, 1.54) is 11.8 Å². The lowest BCUT2D eigenvalue weighted by Crippen LogP contribution is -1.96. The first-order chi connectivity index (χ1) is 9.28. The predicted molar refractivity (Wildman–Crippen MR) is 76.4 cm³/mol. The largest absolute Gasteiger partial charge is 0.497 e. The number of ether oxygens (including phenoxy) is 1. The summed E-state index contributed by atoms with van der Waals surface area (Å²) in [7, 11) is 1.64. The van der Waals surface area contributed by atoms with E-state index in [-0.39, 0.29) is 5.12 Å². The first kappa shape index (κ1) is 13.6. The fourth-order valence-corrected chi connectivity index (χ4v) is 2.31. The molecule has 98 valence electrons. The molecule has 0 aliphatic rings. The van der Waals surface area contributed by atoms with Gasteiger partial charge in [-0.25, -0.2) is 4.98 Å². The number of nitrogens with zero attached hydrogens (tertiary/aromatic N) is 1. The van der Waals surface area contributed by atoms with Gasteiger partial charge in [-0.05, 0) is 48.0 Å². The van der Waals surface area contributed by atoms with E-state index >= 15 is 0 Å². The van der Waals surface area contributed by atoms with Gasteiger partial charge in [0, 0.05) is 12.6 Å². The fraction of sp³-hybridized carbons (Fsp3) is 0.200. The van der Waals surface area contributed by atoms with Crippen molar-refractivity contribution < 1.29 is 9.53 Å². The number of aromatic nitrogens is 1. The Hall–Kier alpha value is -1.81. The number of aryl methyl sites for hydroxylation is 1. The van der Waals surface area contributed by atoms with Gasteiger partial charge in [0.1, 0.15) is 10.8 Å². The van der Waals surface area contributed by atoms with Crippen molar-refractivity contribution in [1.29, 1.82) is 0 Å². The zero-order valence-corrected chi connectivity index (χ0v) is 11.5. The van der Waals surface area contributed by atoms with Gasteiger partial charge in [-0.15, -0.1) is 0 Å².